The van der Waals surface area contributed by atoms with Crippen LogP contribution in [-0.2, 0) is 0 Å². The molecule has 2 fully saturated rings. The summed E-state index contributed by atoms with van der Waals surface area (Å²) in [6.07, 6.45) is 8.78. The number of amides is 1. The predicted octanol–water partition coefficient (Wildman–Crippen LogP) is 4.14. The van der Waals surface area contributed by atoms with Crippen LogP contribution in [0.25, 0.3) is 16.9 Å². The van der Waals surface area contributed by atoms with Crippen LogP contribution in [0, 0.1) is 0 Å². The van der Waals surface area contributed by atoms with Crippen LogP contribution in [-0.4, -0.2) is 31.7 Å². The molecule has 2 aliphatic rings. The van der Waals surface area contributed by atoms with E-state index in [1.807, 2.05) is 28.9 Å². The number of hydrogen-bond acceptors (Lipinski definition) is 4. The summed E-state index contributed by atoms with van der Waals surface area (Å²) in [6, 6.07) is 9.71. The van der Waals surface area contributed by atoms with Crippen molar-refractivity contribution in [3.63, 3.8) is 0 Å². The molecule has 1 aromatic carbocycles. The van der Waals surface area contributed by atoms with Gasteiger partial charge >= 0.3 is 0 Å². The molecule has 1 N–H and O–H groups in total. The lowest BCUT2D eigenvalue weighted by molar-refractivity contribution is 0.0951. The molecular formula is C21H20ClN5O. The SMILES string of the molecule is O=C(NC1CC1)c1cc(-c2ccc(Cl)cn2)cc(-n2ncnc2C2CCC2)c1. The Kier molecular flexibility index (Phi) is 4.36. The van der Waals surface area contributed by atoms with Crippen LogP contribution >= 0.6 is 11.6 Å². The maximum absolute atomic E-state index is 12.7. The molecule has 0 spiro atoms. The summed E-state index contributed by atoms with van der Waals surface area (Å²) in [6.45, 7) is 0. The van der Waals surface area contributed by atoms with Crippen LogP contribution in [0.15, 0.2) is 42.9 Å². The third-order valence-corrected chi connectivity index (χ3v) is 5.63. The fraction of sp³-hybridized carbons (Fsp3) is 0.333. The maximum Gasteiger partial charge on any atom is 0.251 e. The van der Waals surface area contributed by atoms with Crippen LogP contribution in [0.5, 0.6) is 0 Å². The topological polar surface area (TPSA) is 72.7 Å². The maximum atomic E-state index is 12.7. The average molecular weight is 394 g/mol. The third-order valence-electron chi connectivity index (χ3n) is 5.40. The number of hydrogen-bond donors (Lipinski definition) is 1. The second-order valence-corrected chi connectivity index (χ2v) is 7.97. The molecule has 2 aliphatic carbocycles. The van der Waals surface area contributed by atoms with Crippen LogP contribution < -0.4 is 5.32 Å². The standard InChI is InChI=1S/C21H20ClN5O/c22-16-4-7-19(23-11-16)14-8-15(21(28)26-17-5-6-17)10-18(9-14)27-20(24-12-25-27)13-2-1-3-13/h4,7-13,17H,1-3,5-6H2,(H,26,28). The molecule has 0 saturated heterocycles. The molecule has 0 atom stereocenters. The lowest BCUT2D eigenvalue weighted by Gasteiger charge is -2.24. The molecule has 7 heteroatoms. The molecule has 28 heavy (non-hydrogen) atoms. The number of benzene rings is 1. The van der Waals surface area contributed by atoms with Crippen molar-refractivity contribution in [3.8, 4) is 16.9 Å². The van der Waals surface area contributed by atoms with Gasteiger partial charge in [-0.25, -0.2) is 9.67 Å². The van der Waals surface area contributed by atoms with E-state index in [0.717, 1.165) is 48.5 Å². The molecular weight excluding hydrogens is 374 g/mol. The summed E-state index contributed by atoms with van der Waals surface area (Å²) in [5, 5.41) is 8.09. The summed E-state index contributed by atoms with van der Waals surface area (Å²) in [5.41, 5.74) is 3.04. The van der Waals surface area contributed by atoms with Gasteiger partial charge in [0.05, 0.1) is 16.4 Å². The highest BCUT2D eigenvalue weighted by Crippen LogP contribution is 2.36. The first-order valence-electron chi connectivity index (χ1n) is 9.65. The first-order chi connectivity index (χ1) is 13.7. The van der Waals surface area contributed by atoms with Gasteiger partial charge in [-0.2, -0.15) is 5.10 Å². The van der Waals surface area contributed by atoms with Crippen molar-refractivity contribution in [1.82, 2.24) is 25.1 Å². The smallest absolute Gasteiger partial charge is 0.251 e. The highest BCUT2D eigenvalue weighted by Gasteiger charge is 2.27. The number of halogens is 1. The van der Waals surface area contributed by atoms with Gasteiger partial charge in [0.2, 0.25) is 0 Å². The van der Waals surface area contributed by atoms with Gasteiger partial charge in [0.1, 0.15) is 12.2 Å². The predicted molar refractivity (Wildman–Crippen MR) is 107 cm³/mol. The third kappa shape index (κ3) is 3.40. The van der Waals surface area contributed by atoms with Gasteiger partial charge in [-0.1, -0.05) is 18.0 Å². The molecule has 5 rings (SSSR count). The van der Waals surface area contributed by atoms with Crippen molar-refractivity contribution in [2.45, 2.75) is 44.1 Å². The first kappa shape index (κ1) is 17.4. The minimum absolute atomic E-state index is 0.0649. The number of rotatable bonds is 5. The fourth-order valence-corrected chi connectivity index (χ4v) is 3.56. The summed E-state index contributed by atoms with van der Waals surface area (Å²) < 4.78 is 1.86. The minimum atomic E-state index is -0.0649. The zero-order valence-electron chi connectivity index (χ0n) is 15.3. The van der Waals surface area contributed by atoms with Crippen LogP contribution in [0.1, 0.15) is 54.2 Å². The lowest BCUT2D eigenvalue weighted by atomic mass is 9.85. The van der Waals surface area contributed by atoms with Crippen molar-refractivity contribution in [3.05, 3.63) is 59.3 Å². The van der Waals surface area contributed by atoms with Gasteiger partial charge in [-0.05, 0) is 56.0 Å². The summed E-state index contributed by atoms with van der Waals surface area (Å²) >= 11 is 5.99. The van der Waals surface area contributed by atoms with Gasteiger partial charge in [0.25, 0.3) is 5.91 Å². The Bertz CT molecular complexity index is 1020. The Morgan fingerprint density at radius 1 is 1.11 bits per heavy atom. The van der Waals surface area contributed by atoms with Gasteiger partial charge in [-0.3, -0.25) is 9.78 Å². The molecule has 2 heterocycles. The van der Waals surface area contributed by atoms with Crippen LogP contribution in [0.4, 0.5) is 0 Å². The highest BCUT2D eigenvalue weighted by molar-refractivity contribution is 6.30. The van der Waals surface area contributed by atoms with Crippen molar-refractivity contribution in [1.29, 1.82) is 0 Å². The zero-order chi connectivity index (χ0) is 19.1. The molecule has 0 radical (unpaired) electrons. The normalized spacial score (nSPS) is 16.6. The van der Waals surface area contributed by atoms with Crippen molar-refractivity contribution < 1.29 is 4.79 Å². The zero-order valence-corrected chi connectivity index (χ0v) is 16.1. The quantitative estimate of drug-likeness (QED) is 0.707. The molecule has 142 valence electrons. The molecule has 6 nitrogen and oxygen atoms in total. The Hall–Kier alpha value is -2.73. The van der Waals surface area contributed by atoms with E-state index in [-0.39, 0.29) is 5.91 Å². The monoisotopic (exact) mass is 393 g/mol. The largest absolute Gasteiger partial charge is 0.349 e. The molecule has 2 saturated carbocycles. The molecule has 1 amide bonds. The van der Waals surface area contributed by atoms with E-state index in [0.29, 0.717) is 22.5 Å². The number of nitrogens with zero attached hydrogens (tertiary/aromatic N) is 4. The number of aromatic nitrogens is 4. The summed E-state index contributed by atoms with van der Waals surface area (Å²) in [4.78, 5) is 21.6. The number of pyridine rings is 1. The van der Waals surface area contributed by atoms with Crippen LogP contribution in [0.2, 0.25) is 5.02 Å². The Morgan fingerprint density at radius 2 is 1.96 bits per heavy atom. The van der Waals surface area contributed by atoms with Crippen molar-refractivity contribution in [2.24, 2.45) is 0 Å². The fourth-order valence-electron chi connectivity index (χ4n) is 3.45. The van der Waals surface area contributed by atoms with E-state index >= 15 is 0 Å². The number of carbonyl (C=O) groups excluding carboxylic acids is 1. The summed E-state index contributed by atoms with van der Waals surface area (Å²) in [7, 11) is 0. The van der Waals surface area contributed by atoms with E-state index in [4.69, 9.17) is 11.6 Å². The highest BCUT2D eigenvalue weighted by atomic mass is 35.5. The first-order valence-corrected chi connectivity index (χ1v) is 10.0. The van der Waals surface area contributed by atoms with Crippen molar-refractivity contribution in [2.75, 3.05) is 0 Å². The molecule has 3 aromatic rings. The van der Waals surface area contributed by atoms with Crippen molar-refractivity contribution >= 4 is 17.5 Å². The van der Waals surface area contributed by atoms with Gasteiger partial charge in [0, 0.05) is 29.3 Å². The van der Waals surface area contributed by atoms with E-state index in [9.17, 15) is 4.79 Å². The number of nitrogens with one attached hydrogen (secondary N) is 1. The van der Waals surface area contributed by atoms with Crippen LogP contribution in [0.3, 0.4) is 0 Å². The Balaban J connectivity index is 1.59. The van der Waals surface area contributed by atoms with E-state index in [1.54, 1.807) is 18.6 Å². The lowest BCUT2D eigenvalue weighted by Crippen LogP contribution is -2.25. The second kappa shape index (κ2) is 7.02. The average Bonchev–Trinajstić information content (AvgIpc) is 3.35. The Labute approximate surface area is 168 Å². The van der Waals surface area contributed by atoms with Gasteiger partial charge in [0.15, 0.2) is 0 Å². The summed E-state index contributed by atoms with van der Waals surface area (Å²) in [5.74, 6) is 1.33. The Morgan fingerprint density at radius 3 is 2.64 bits per heavy atom. The van der Waals surface area contributed by atoms with E-state index in [1.165, 1.54) is 6.42 Å². The second-order valence-electron chi connectivity index (χ2n) is 7.54. The molecule has 0 bridgehead atoms. The van der Waals surface area contributed by atoms with Gasteiger partial charge < -0.3 is 5.32 Å². The molecule has 0 aliphatic heterocycles. The van der Waals surface area contributed by atoms with E-state index in [2.05, 4.69) is 20.4 Å². The minimum Gasteiger partial charge on any atom is -0.349 e. The van der Waals surface area contributed by atoms with E-state index < -0.39 is 0 Å². The number of carbonyl (C=O) groups is 1. The molecule has 2 aromatic heterocycles. The molecule has 0 unspecified atom stereocenters. The van der Waals surface area contributed by atoms with Gasteiger partial charge in [-0.15, -0.1) is 0 Å².